The van der Waals surface area contributed by atoms with E-state index in [0.717, 1.165) is 24.2 Å². The molecule has 2 fully saturated rings. The van der Waals surface area contributed by atoms with Gasteiger partial charge in [0.05, 0.1) is 6.04 Å². The highest BCUT2D eigenvalue weighted by Crippen LogP contribution is 2.43. The van der Waals surface area contributed by atoms with E-state index >= 15 is 0 Å². The second-order valence-electron chi connectivity index (χ2n) is 7.48. The van der Waals surface area contributed by atoms with Crippen molar-refractivity contribution in [1.29, 1.82) is 0 Å². The van der Waals surface area contributed by atoms with E-state index in [4.69, 9.17) is 27.9 Å². The fraction of sp³-hybridized carbons (Fsp3) is 0.435. The highest BCUT2D eigenvalue weighted by molar-refractivity contribution is 6.30. The van der Waals surface area contributed by atoms with Crippen molar-refractivity contribution < 1.29 is 9.53 Å². The van der Waals surface area contributed by atoms with Gasteiger partial charge in [-0.15, -0.1) is 0 Å². The van der Waals surface area contributed by atoms with Crippen LogP contribution < -0.4 is 5.32 Å². The minimum Gasteiger partial charge on any atom is -0.361 e. The molecular formula is C23H28Cl2N2O2. The SMILES string of the molecule is CCNC.O=C1COC(c2cccc(Cl)c2)C(c2ccc(Cl)cc2)N1CC1CC1. The lowest BCUT2D eigenvalue weighted by Crippen LogP contribution is -2.46. The molecule has 0 radical (unpaired) electrons. The molecule has 0 spiro atoms. The Balaban J connectivity index is 0.000000552. The molecule has 1 heterocycles. The highest BCUT2D eigenvalue weighted by Gasteiger charge is 2.41. The van der Waals surface area contributed by atoms with Crippen molar-refractivity contribution in [3.05, 3.63) is 69.7 Å². The smallest absolute Gasteiger partial charge is 0.249 e. The van der Waals surface area contributed by atoms with Gasteiger partial charge >= 0.3 is 0 Å². The minimum atomic E-state index is -0.240. The van der Waals surface area contributed by atoms with Gasteiger partial charge in [-0.1, -0.05) is 54.4 Å². The van der Waals surface area contributed by atoms with Crippen LogP contribution in [0.15, 0.2) is 48.5 Å². The van der Waals surface area contributed by atoms with Gasteiger partial charge in [-0.25, -0.2) is 0 Å². The van der Waals surface area contributed by atoms with E-state index in [-0.39, 0.29) is 24.7 Å². The Morgan fingerprint density at radius 3 is 2.34 bits per heavy atom. The monoisotopic (exact) mass is 434 g/mol. The molecule has 1 aliphatic heterocycles. The number of carbonyl (C=O) groups excluding carboxylic acids is 1. The molecule has 4 rings (SSSR count). The number of nitrogens with one attached hydrogen (secondary N) is 1. The molecule has 2 aromatic rings. The van der Waals surface area contributed by atoms with Crippen molar-refractivity contribution in [2.24, 2.45) is 5.92 Å². The third-order valence-electron chi connectivity index (χ3n) is 5.22. The molecular weight excluding hydrogens is 407 g/mol. The molecule has 1 saturated heterocycles. The number of hydrogen-bond donors (Lipinski definition) is 1. The van der Waals surface area contributed by atoms with E-state index in [2.05, 4.69) is 12.2 Å². The predicted octanol–water partition coefficient (Wildman–Crippen LogP) is 5.27. The van der Waals surface area contributed by atoms with Gasteiger partial charge < -0.3 is 15.0 Å². The van der Waals surface area contributed by atoms with E-state index in [1.807, 2.05) is 60.5 Å². The molecule has 29 heavy (non-hydrogen) atoms. The quantitative estimate of drug-likeness (QED) is 0.696. The lowest BCUT2D eigenvalue weighted by atomic mass is 9.92. The first-order chi connectivity index (χ1) is 14.0. The van der Waals surface area contributed by atoms with Crippen LogP contribution in [0.2, 0.25) is 10.0 Å². The van der Waals surface area contributed by atoms with Gasteiger partial charge in [-0.05, 0) is 67.7 Å². The number of hydrogen-bond acceptors (Lipinski definition) is 3. The van der Waals surface area contributed by atoms with Crippen LogP contribution in [0.4, 0.5) is 0 Å². The number of morpholine rings is 1. The molecule has 6 heteroatoms. The summed E-state index contributed by atoms with van der Waals surface area (Å²) in [6.45, 7) is 4.03. The molecule has 156 valence electrons. The van der Waals surface area contributed by atoms with E-state index in [9.17, 15) is 4.79 Å². The zero-order chi connectivity index (χ0) is 20.8. The van der Waals surface area contributed by atoms with Gasteiger partial charge in [0.25, 0.3) is 0 Å². The number of amides is 1. The van der Waals surface area contributed by atoms with Crippen LogP contribution in [0.25, 0.3) is 0 Å². The van der Waals surface area contributed by atoms with E-state index < -0.39 is 0 Å². The summed E-state index contributed by atoms with van der Waals surface area (Å²) in [6.07, 6.45) is 2.15. The molecule has 2 atom stereocenters. The molecule has 4 nitrogen and oxygen atoms in total. The van der Waals surface area contributed by atoms with Gasteiger partial charge in [0.15, 0.2) is 0 Å². The Morgan fingerprint density at radius 2 is 1.76 bits per heavy atom. The molecule has 2 aliphatic rings. The third kappa shape index (κ3) is 5.95. The van der Waals surface area contributed by atoms with Crippen molar-refractivity contribution in [1.82, 2.24) is 10.2 Å². The normalized spacial score (nSPS) is 21.5. The summed E-state index contributed by atoms with van der Waals surface area (Å²) in [4.78, 5) is 14.6. The Kier molecular flexibility index (Phi) is 7.96. The third-order valence-corrected chi connectivity index (χ3v) is 5.71. The first kappa shape index (κ1) is 22.1. The summed E-state index contributed by atoms with van der Waals surface area (Å²) in [5.74, 6) is 0.655. The van der Waals surface area contributed by atoms with Crippen LogP contribution >= 0.6 is 23.2 Å². The van der Waals surface area contributed by atoms with Crippen molar-refractivity contribution >= 4 is 29.1 Å². The first-order valence-electron chi connectivity index (χ1n) is 10.1. The number of benzene rings is 2. The zero-order valence-electron chi connectivity index (χ0n) is 16.9. The van der Waals surface area contributed by atoms with E-state index in [0.29, 0.717) is 16.0 Å². The summed E-state index contributed by atoms with van der Waals surface area (Å²) >= 11 is 12.2. The van der Waals surface area contributed by atoms with Crippen molar-refractivity contribution in [2.45, 2.75) is 31.9 Å². The van der Waals surface area contributed by atoms with Crippen molar-refractivity contribution in [2.75, 3.05) is 26.7 Å². The second kappa shape index (κ2) is 10.4. The van der Waals surface area contributed by atoms with Crippen LogP contribution in [0.1, 0.15) is 43.0 Å². The molecule has 1 saturated carbocycles. The first-order valence-corrected chi connectivity index (χ1v) is 10.9. The van der Waals surface area contributed by atoms with E-state index in [1.165, 1.54) is 12.8 Å². The predicted molar refractivity (Wildman–Crippen MR) is 118 cm³/mol. The van der Waals surface area contributed by atoms with Gasteiger partial charge in [0.2, 0.25) is 5.91 Å². The van der Waals surface area contributed by atoms with Crippen molar-refractivity contribution in [3.63, 3.8) is 0 Å². The maximum atomic E-state index is 12.6. The highest BCUT2D eigenvalue weighted by atomic mass is 35.5. The van der Waals surface area contributed by atoms with Gasteiger partial charge in [0, 0.05) is 16.6 Å². The van der Waals surface area contributed by atoms with Crippen LogP contribution in [-0.2, 0) is 9.53 Å². The average molecular weight is 435 g/mol. The average Bonchev–Trinajstić information content (AvgIpc) is 3.54. The molecule has 1 amide bonds. The molecule has 2 unspecified atom stereocenters. The second-order valence-corrected chi connectivity index (χ2v) is 8.35. The summed E-state index contributed by atoms with van der Waals surface area (Å²) in [6, 6.07) is 15.2. The molecule has 0 bridgehead atoms. The van der Waals surface area contributed by atoms with Gasteiger partial charge in [-0.3, -0.25) is 4.79 Å². The fourth-order valence-corrected chi connectivity index (χ4v) is 3.75. The van der Waals surface area contributed by atoms with Gasteiger partial charge in [0.1, 0.15) is 12.7 Å². The van der Waals surface area contributed by atoms with Crippen LogP contribution in [0.5, 0.6) is 0 Å². The number of nitrogens with zero attached hydrogens (tertiary/aromatic N) is 1. The molecule has 0 aromatic heterocycles. The maximum absolute atomic E-state index is 12.6. The number of carbonyl (C=O) groups is 1. The number of rotatable bonds is 5. The van der Waals surface area contributed by atoms with Crippen LogP contribution in [-0.4, -0.2) is 37.6 Å². The minimum absolute atomic E-state index is 0.0464. The Hall–Kier alpha value is -1.59. The van der Waals surface area contributed by atoms with Crippen LogP contribution in [0, 0.1) is 5.92 Å². The lowest BCUT2D eigenvalue weighted by Gasteiger charge is -2.41. The number of halogens is 2. The Morgan fingerprint density at radius 1 is 1.07 bits per heavy atom. The van der Waals surface area contributed by atoms with E-state index in [1.54, 1.807) is 0 Å². The van der Waals surface area contributed by atoms with Crippen LogP contribution in [0.3, 0.4) is 0 Å². The summed E-state index contributed by atoms with van der Waals surface area (Å²) < 4.78 is 5.98. The summed E-state index contributed by atoms with van der Waals surface area (Å²) in [5.41, 5.74) is 2.02. The molecule has 2 aromatic carbocycles. The van der Waals surface area contributed by atoms with Crippen molar-refractivity contribution in [3.8, 4) is 0 Å². The fourth-order valence-electron chi connectivity index (χ4n) is 3.42. The van der Waals surface area contributed by atoms with Gasteiger partial charge in [-0.2, -0.15) is 0 Å². The zero-order valence-corrected chi connectivity index (χ0v) is 18.4. The summed E-state index contributed by atoms with van der Waals surface area (Å²) in [5, 5.41) is 4.28. The largest absolute Gasteiger partial charge is 0.361 e. The standard InChI is InChI=1S/C20H19Cl2NO2.C3H9N/c21-16-8-6-14(7-9-16)19-20(15-2-1-3-17(22)10-15)25-12-18(24)23(19)11-13-4-5-13;1-3-4-2/h1-3,6-10,13,19-20H,4-5,11-12H2;4H,3H2,1-2H3. The topological polar surface area (TPSA) is 41.6 Å². The molecule has 1 aliphatic carbocycles. The Labute approximate surface area is 183 Å². The Bertz CT molecular complexity index is 807. The molecule has 1 N–H and O–H groups in total. The number of ether oxygens (including phenoxy) is 1. The lowest BCUT2D eigenvalue weighted by molar-refractivity contribution is -0.159. The maximum Gasteiger partial charge on any atom is 0.249 e. The summed E-state index contributed by atoms with van der Waals surface area (Å²) in [7, 11) is 1.93.